The standard InChI is InChI=1S/C14H7BrFNO3/c15-8-4-7(5-9(16)6-8)13-17-12-10(14(18)19)2-1-3-11(12)20-13/h1-6H,(H,18,19). The van der Waals surface area contributed by atoms with Crippen LogP contribution in [0.3, 0.4) is 0 Å². The first-order valence-electron chi connectivity index (χ1n) is 5.64. The second-order valence-electron chi connectivity index (χ2n) is 4.13. The first-order valence-corrected chi connectivity index (χ1v) is 6.43. The number of benzene rings is 2. The predicted octanol–water partition coefficient (Wildman–Crippen LogP) is 4.09. The van der Waals surface area contributed by atoms with Crippen molar-refractivity contribution in [2.75, 3.05) is 0 Å². The van der Waals surface area contributed by atoms with E-state index in [9.17, 15) is 9.18 Å². The minimum Gasteiger partial charge on any atom is -0.478 e. The molecule has 1 N–H and O–H groups in total. The van der Waals surface area contributed by atoms with E-state index in [2.05, 4.69) is 20.9 Å². The summed E-state index contributed by atoms with van der Waals surface area (Å²) >= 11 is 3.19. The van der Waals surface area contributed by atoms with Crippen molar-refractivity contribution in [3.63, 3.8) is 0 Å². The Morgan fingerprint density at radius 2 is 2.10 bits per heavy atom. The molecule has 4 nitrogen and oxygen atoms in total. The summed E-state index contributed by atoms with van der Waals surface area (Å²) in [7, 11) is 0. The van der Waals surface area contributed by atoms with Crippen molar-refractivity contribution in [3.8, 4) is 11.5 Å². The summed E-state index contributed by atoms with van der Waals surface area (Å²) < 4.78 is 19.4. The highest BCUT2D eigenvalue weighted by Crippen LogP contribution is 2.28. The fraction of sp³-hybridized carbons (Fsp3) is 0. The van der Waals surface area contributed by atoms with Gasteiger partial charge in [0.1, 0.15) is 11.3 Å². The fourth-order valence-corrected chi connectivity index (χ4v) is 2.39. The van der Waals surface area contributed by atoms with Gasteiger partial charge in [-0.25, -0.2) is 14.2 Å². The van der Waals surface area contributed by atoms with Gasteiger partial charge in [0.05, 0.1) is 5.56 Å². The summed E-state index contributed by atoms with van der Waals surface area (Å²) in [6, 6.07) is 8.87. The molecule has 0 fully saturated rings. The predicted molar refractivity (Wildman–Crippen MR) is 74.1 cm³/mol. The molecule has 0 saturated carbocycles. The van der Waals surface area contributed by atoms with E-state index in [1.165, 1.54) is 18.2 Å². The molecule has 0 saturated heterocycles. The first-order chi connectivity index (χ1) is 9.54. The molecule has 100 valence electrons. The zero-order valence-electron chi connectivity index (χ0n) is 9.93. The average molecular weight is 336 g/mol. The van der Waals surface area contributed by atoms with Crippen LogP contribution in [-0.4, -0.2) is 16.1 Å². The Bertz CT molecular complexity index is 808. The van der Waals surface area contributed by atoms with Crippen LogP contribution >= 0.6 is 15.9 Å². The Balaban J connectivity index is 2.23. The number of halogens is 2. The number of carboxylic acids is 1. The molecule has 3 rings (SSSR count). The van der Waals surface area contributed by atoms with Crippen LogP contribution in [0.1, 0.15) is 10.4 Å². The molecule has 0 spiro atoms. The Morgan fingerprint density at radius 3 is 2.80 bits per heavy atom. The van der Waals surface area contributed by atoms with E-state index in [4.69, 9.17) is 9.52 Å². The molecule has 6 heteroatoms. The Hall–Kier alpha value is -2.21. The molecule has 0 amide bonds. The van der Waals surface area contributed by atoms with Gasteiger partial charge < -0.3 is 9.52 Å². The number of para-hydroxylation sites is 1. The zero-order valence-corrected chi connectivity index (χ0v) is 11.5. The number of aromatic nitrogens is 1. The molecule has 3 aromatic rings. The second kappa shape index (κ2) is 4.72. The Kier molecular flexibility index (Phi) is 3.02. The van der Waals surface area contributed by atoms with E-state index in [1.807, 2.05) is 0 Å². The van der Waals surface area contributed by atoms with E-state index in [-0.39, 0.29) is 17.0 Å². The maximum atomic E-state index is 13.4. The van der Waals surface area contributed by atoms with Gasteiger partial charge in [0, 0.05) is 10.0 Å². The van der Waals surface area contributed by atoms with E-state index < -0.39 is 11.8 Å². The van der Waals surface area contributed by atoms with E-state index in [0.717, 1.165) is 0 Å². The third kappa shape index (κ3) is 2.18. The van der Waals surface area contributed by atoms with Crippen LogP contribution in [0.2, 0.25) is 0 Å². The van der Waals surface area contributed by atoms with Crippen molar-refractivity contribution < 1.29 is 18.7 Å². The van der Waals surface area contributed by atoms with Gasteiger partial charge in [-0.1, -0.05) is 22.0 Å². The van der Waals surface area contributed by atoms with Gasteiger partial charge in [-0.3, -0.25) is 0 Å². The molecule has 1 aromatic heterocycles. The number of hydrogen-bond donors (Lipinski definition) is 1. The summed E-state index contributed by atoms with van der Waals surface area (Å²) in [5.74, 6) is -1.35. The van der Waals surface area contributed by atoms with Crippen LogP contribution in [0, 0.1) is 5.82 Å². The van der Waals surface area contributed by atoms with Crippen molar-refractivity contribution in [1.29, 1.82) is 0 Å². The molecular weight excluding hydrogens is 329 g/mol. The highest BCUT2D eigenvalue weighted by molar-refractivity contribution is 9.10. The lowest BCUT2D eigenvalue weighted by Gasteiger charge is -1.97. The maximum Gasteiger partial charge on any atom is 0.338 e. The highest BCUT2D eigenvalue weighted by Gasteiger charge is 2.15. The third-order valence-corrected chi connectivity index (χ3v) is 3.22. The molecular formula is C14H7BrFNO3. The highest BCUT2D eigenvalue weighted by atomic mass is 79.9. The molecule has 2 aromatic carbocycles. The normalized spacial score (nSPS) is 10.9. The minimum absolute atomic E-state index is 0.0490. The summed E-state index contributed by atoms with van der Waals surface area (Å²) in [6.45, 7) is 0. The van der Waals surface area contributed by atoms with Crippen LogP contribution in [0.5, 0.6) is 0 Å². The Morgan fingerprint density at radius 1 is 1.30 bits per heavy atom. The lowest BCUT2D eigenvalue weighted by molar-refractivity contribution is 0.0699. The average Bonchev–Trinajstić information content (AvgIpc) is 2.80. The van der Waals surface area contributed by atoms with Crippen LogP contribution in [0.15, 0.2) is 45.3 Å². The Labute approximate surface area is 121 Å². The quantitative estimate of drug-likeness (QED) is 0.765. The van der Waals surface area contributed by atoms with Gasteiger partial charge in [-0.2, -0.15) is 0 Å². The van der Waals surface area contributed by atoms with Gasteiger partial charge >= 0.3 is 5.97 Å². The summed E-state index contributed by atoms with van der Waals surface area (Å²) in [5, 5.41) is 9.10. The van der Waals surface area contributed by atoms with Crippen molar-refractivity contribution in [1.82, 2.24) is 4.98 Å². The number of oxazole rings is 1. The topological polar surface area (TPSA) is 63.3 Å². The zero-order chi connectivity index (χ0) is 14.3. The van der Waals surface area contributed by atoms with E-state index in [1.54, 1.807) is 18.2 Å². The molecule has 20 heavy (non-hydrogen) atoms. The molecule has 1 heterocycles. The lowest BCUT2D eigenvalue weighted by atomic mass is 10.2. The minimum atomic E-state index is -1.09. The summed E-state index contributed by atoms with van der Waals surface area (Å²) in [6.07, 6.45) is 0. The van der Waals surface area contributed by atoms with Crippen LogP contribution < -0.4 is 0 Å². The number of fused-ring (bicyclic) bond motifs is 1. The van der Waals surface area contributed by atoms with E-state index >= 15 is 0 Å². The van der Waals surface area contributed by atoms with Gasteiger partial charge in [-0.05, 0) is 30.3 Å². The summed E-state index contributed by atoms with van der Waals surface area (Å²) in [4.78, 5) is 15.3. The second-order valence-corrected chi connectivity index (χ2v) is 5.05. The van der Waals surface area contributed by atoms with Crippen LogP contribution in [0.25, 0.3) is 22.6 Å². The molecule has 0 atom stereocenters. The summed E-state index contributed by atoms with van der Waals surface area (Å²) in [5.41, 5.74) is 1.08. The molecule has 0 aliphatic rings. The number of carbonyl (C=O) groups is 1. The number of nitrogens with zero attached hydrogens (tertiary/aromatic N) is 1. The monoisotopic (exact) mass is 335 g/mol. The van der Waals surface area contributed by atoms with Crippen molar-refractivity contribution in [2.24, 2.45) is 0 Å². The van der Waals surface area contributed by atoms with Crippen molar-refractivity contribution in [2.45, 2.75) is 0 Å². The third-order valence-electron chi connectivity index (χ3n) is 2.76. The van der Waals surface area contributed by atoms with Crippen LogP contribution in [-0.2, 0) is 0 Å². The van der Waals surface area contributed by atoms with Gasteiger partial charge in [0.2, 0.25) is 5.89 Å². The maximum absolute atomic E-state index is 13.4. The number of aromatic carboxylic acids is 1. The smallest absolute Gasteiger partial charge is 0.338 e. The fourth-order valence-electron chi connectivity index (χ4n) is 1.92. The SMILES string of the molecule is O=C(O)c1cccc2oc(-c3cc(F)cc(Br)c3)nc12. The van der Waals surface area contributed by atoms with Crippen molar-refractivity contribution in [3.05, 3.63) is 52.3 Å². The van der Waals surface area contributed by atoms with Gasteiger partial charge in [0.15, 0.2) is 5.58 Å². The molecule has 0 aliphatic carbocycles. The molecule has 0 bridgehead atoms. The van der Waals surface area contributed by atoms with Gasteiger partial charge in [-0.15, -0.1) is 0 Å². The van der Waals surface area contributed by atoms with Crippen LogP contribution in [0.4, 0.5) is 4.39 Å². The number of carboxylic acid groups (broad SMARTS) is 1. The lowest BCUT2D eigenvalue weighted by Crippen LogP contribution is -1.96. The van der Waals surface area contributed by atoms with Crippen molar-refractivity contribution >= 4 is 33.0 Å². The molecule has 0 radical (unpaired) electrons. The molecule has 0 unspecified atom stereocenters. The largest absolute Gasteiger partial charge is 0.478 e. The van der Waals surface area contributed by atoms with E-state index in [0.29, 0.717) is 15.6 Å². The number of hydrogen-bond acceptors (Lipinski definition) is 3. The van der Waals surface area contributed by atoms with Gasteiger partial charge in [0.25, 0.3) is 0 Å². The number of rotatable bonds is 2. The molecule has 0 aliphatic heterocycles. The first kappa shape index (κ1) is 12.8.